The van der Waals surface area contributed by atoms with Crippen LogP contribution in [-0.2, 0) is 12.4 Å². The molecule has 0 N–H and O–H groups in total. The molecule has 38 heavy (non-hydrogen) atoms. The first-order chi connectivity index (χ1) is 18.1. The average Bonchev–Trinajstić information content (AvgIpc) is 2.90. The van der Waals surface area contributed by atoms with Gasteiger partial charge in [0.15, 0.2) is 0 Å². The van der Waals surface area contributed by atoms with Gasteiger partial charge in [-0.1, -0.05) is 60.1 Å². The molecule has 6 heteroatoms. The molecule has 4 rings (SSSR count). The van der Waals surface area contributed by atoms with Gasteiger partial charge >= 0.3 is 12.4 Å². The van der Waals surface area contributed by atoms with Gasteiger partial charge in [-0.15, -0.1) is 0 Å². The van der Waals surface area contributed by atoms with Crippen molar-refractivity contribution < 1.29 is 26.3 Å². The maximum atomic E-state index is 12.7. The van der Waals surface area contributed by atoms with Gasteiger partial charge in [0.1, 0.15) is 0 Å². The number of benzene rings is 4. The van der Waals surface area contributed by atoms with E-state index in [1.54, 1.807) is 0 Å². The van der Waals surface area contributed by atoms with Gasteiger partial charge in [-0.2, -0.15) is 26.3 Å². The summed E-state index contributed by atoms with van der Waals surface area (Å²) in [5.41, 5.74) is 2.92. The fourth-order valence-corrected chi connectivity index (χ4v) is 3.32. The molecular formula is C32H18F6. The topological polar surface area (TPSA) is 0 Å². The number of rotatable bonds is 2. The van der Waals surface area contributed by atoms with Crippen LogP contribution in [0, 0.1) is 23.7 Å². The minimum absolute atomic E-state index is 0.495. The molecule has 0 bridgehead atoms. The number of hydrogen-bond acceptors (Lipinski definition) is 0. The van der Waals surface area contributed by atoms with Crippen molar-refractivity contribution in [2.75, 3.05) is 0 Å². The van der Waals surface area contributed by atoms with Gasteiger partial charge in [0.05, 0.1) is 11.1 Å². The van der Waals surface area contributed by atoms with Crippen LogP contribution < -0.4 is 0 Å². The Hall–Kier alpha value is -4.68. The monoisotopic (exact) mass is 516 g/mol. The molecule has 0 aliphatic carbocycles. The minimum Gasteiger partial charge on any atom is -0.166 e. The number of hydrogen-bond donors (Lipinski definition) is 0. The van der Waals surface area contributed by atoms with E-state index in [9.17, 15) is 26.3 Å². The Morgan fingerprint density at radius 1 is 0.368 bits per heavy atom. The van der Waals surface area contributed by atoms with Crippen molar-refractivity contribution >= 4 is 12.2 Å². The van der Waals surface area contributed by atoms with Crippen LogP contribution >= 0.6 is 0 Å². The third-order valence-electron chi connectivity index (χ3n) is 5.42. The third-order valence-corrected chi connectivity index (χ3v) is 5.42. The lowest BCUT2D eigenvalue weighted by molar-refractivity contribution is -0.138. The molecular weight excluding hydrogens is 498 g/mol. The smallest absolute Gasteiger partial charge is 0.166 e. The molecule has 0 amide bonds. The Balaban J connectivity index is 1.35. The van der Waals surface area contributed by atoms with Crippen LogP contribution in [0.2, 0.25) is 0 Å². The highest BCUT2D eigenvalue weighted by Gasteiger charge is 2.30. The maximum Gasteiger partial charge on any atom is 0.416 e. The molecule has 0 aliphatic rings. The Morgan fingerprint density at radius 3 is 0.842 bits per heavy atom. The van der Waals surface area contributed by atoms with E-state index in [-0.39, 0.29) is 0 Å². The zero-order chi connectivity index (χ0) is 27.2. The summed E-state index contributed by atoms with van der Waals surface area (Å²) >= 11 is 0. The van der Waals surface area contributed by atoms with Gasteiger partial charge in [-0.05, 0) is 83.9 Å². The Kier molecular flexibility index (Phi) is 7.74. The highest BCUT2D eigenvalue weighted by molar-refractivity contribution is 5.70. The van der Waals surface area contributed by atoms with Crippen LogP contribution in [0.4, 0.5) is 26.3 Å². The summed E-state index contributed by atoms with van der Waals surface area (Å²) in [6.07, 6.45) is -4.89. The van der Waals surface area contributed by atoms with Gasteiger partial charge < -0.3 is 0 Å². The highest BCUT2D eigenvalue weighted by Crippen LogP contribution is 2.29. The van der Waals surface area contributed by atoms with E-state index in [0.717, 1.165) is 46.5 Å². The summed E-state index contributed by atoms with van der Waals surface area (Å²) in [6, 6.07) is 24.3. The molecule has 0 nitrogen and oxygen atoms in total. The molecule has 0 fully saturated rings. The summed E-state index contributed by atoms with van der Waals surface area (Å²) in [6.45, 7) is 0. The van der Waals surface area contributed by atoms with E-state index < -0.39 is 23.5 Å². The standard InChI is InChI=1S/C32H18F6/c33-31(34,35)29-19-15-27(16-20-29)13-11-25-7-3-23(4-8-25)1-2-24-5-9-26(10-6-24)12-14-28-17-21-30(22-18-28)32(36,37)38/h1-10,15-22H/b2-1+. The first-order valence-corrected chi connectivity index (χ1v) is 11.3. The van der Waals surface area contributed by atoms with Gasteiger partial charge in [0.2, 0.25) is 0 Å². The number of halogens is 6. The molecule has 0 saturated carbocycles. The second kappa shape index (κ2) is 11.2. The van der Waals surface area contributed by atoms with Crippen molar-refractivity contribution in [3.05, 3.63) is 142 Å². The first kappa shape index (κ1) is 26.4. The molecule has 0 spiro atoms. The molecule has 0 heterocycles. The van der Waals surface area contributed by atoms with Crippen molar-refractivity contribution in [2.24, 2.45) is 0 Å². The molecule has 0 atom stereocenters. The molecule has 0 aliphatic heterocycles. The molecule has 0 unspecified atom stereocenters. The Labute approximate surface area is 216 Å². The van der Waals surface area contributed by atoms with E-state index in [1.807, 2.05) is 60.7 Å². The van der Waals surface area contributed by atoms with Crippen molar-refractivity contribution in [3.63, 3.8) is 0 Å². The van der Waals surface area contributed by atoms with Crippen LogP contribution in [0.1, 0.15) is 44.5 Å². The predicted molar refractivity (Wildman–Crippen MR) is 137 cm³/mol. The molecule has 4 aromatic rings. The van der Waals surface area contributed by atoms with Crippen molar-refractivity contribution in [2.45, 2.75) is 12.4 Å². The fraction of sp³-hybridized carbons (Fsp3) is 0.0625. The van der Waals surface area contributed by atoms with Crippen molar-refractivity contribution in [1.29, 1.82) is 0 Å². The van der Waals surface area contributed by atoms with Crippen LogP contribution in [0.15, 0.2) is 97.1 Å². The maximum absolute atomic E-state index is 12.7. The summed E-state index contributed by atoms with van der Waals surface area (Å²) < 4.78 is 75.9. The summed E-state index contributed by atoms with van der Waals surface area (Å²) in [5.74, 6) is 11.6. The fourth-order valence-electron chi connectivity index (χ4n) is 3.32. The first-order valence-electron chi connectivity index (χ1n) is 11.3. The Morgan fingerprint density at radius 2 is 0.605 bits per heavy atom. The molecule has 0 aromatic heterocycles. The predicted octanol–water partition coefficient (Wildman–Crippen LogP) is 8.69. The lowest BCUT2D eigenvalue weighted by Gasteiger charge is -2.05. The largest absolute Gasteiger partial charge is 0.416 e. The SMILES string of the molecule is FC(F)(F)c1ccc(C#Cc2ccc(/C=C/c3ccc(C#Cc4ccc(C(F)(F)F)cc4)cc3)cc2)cc1. The summed E-state index contributed by atoms with van der Waals surface area (Å²) in [7, 11) is 0. The molecule has 4 aromatic carbocycles. The van der Waals surface area contributed by atoms with Crippen LogP contribution in [-0.4, -0.2) is 0 Å². The molecule has 0 saturated heterocycles. The van der Waals surface area contributed by atoms with Crippen LogP contribution in [0.25, 0.3) is 12.2 Å². The van der Waals surface area contributed by atoms with E-state index in [4.69, 9.17) is 0 Å². The lowest BCUT2D eigenvalue weighted by Crippen LogP contribution is -2.04. The zero-order valence-corrected chi connectivity index (χ0v) is 19.7. The quantitative estimate of drug-likeness (QED) is 0.142. The van der Waals surface area contributed by atoms with E-state index in [2.05, 4.69) is 23.7 Å². The van der Waals surface area contributed by atoms with E-state index >= 15 is 0 Å². The van der Waals surface area contributed by atoms with Gasteiger partial charge in [0.25, 0.3) is 0 Å². The van der Waals surface area contributed by atoms with E-state index in [1.165, 1.54) is 24.3 Å². The second-order valence-corrected chi connectivity index (χ2v) is 8.23. The average molecular weight is 516 g/mol. The third kappa shape index (κ3) is 7.41. The van der Waals surface area contributed by atoms with Gasteiger partial charge in [-0.3, -0.25) is 0 Å². The van der Waals surface area contributed by atoms with Crippen LogP contribution in [0.5, 0.6) is 0 Å². The lowest BCUT2D eigenvalue weighted by atomic mass is 10.1. The molecule has 0 radical (unpaired) electrons. The van der Waals surface area contributed by atoms with Gasteiger partial charge in [-0.25, -0.2) is 0 Å². The zero-order valence-electron chi connectivity index (χ0n) is 19.7. The highest BCUT2D eigenvalue weighted by atomic mass is 19.4. The normalized spacial score (nSPS) is 11.4. The second-order valence-electron chi connectivity index (χ2n) is 8.23. The van der Waals surface area contributed by atoms with Crippen molar-refractivity contribution in [1.82, 2.24) is 0 Å². The van der Waals surface area contributed by atoms with Crippen molar-refractivity contribution in [3.8, 4) is 23.7 Å². The van der Waals surface area contributed by atoms with E-state index in [0.29, 0.717) is 11.1 Å². The van der Waals surface area contributed by atoms with Gasteiger partial charge in [0, 0.05) is 22.3 Å². The van der Waals surface area contributed by atoms with Crippen LogP contribution in [0.3, 0.4) is 0 Å². The Bertz CT molecular complexity index is 1410. The summed E-state index contributed by atoms with van der Waals surface area (Å²) in [4.78, 5) is 0. The minimum atomic E-state index is -4.37. The molecule has 188 valence electrons. The number of alkyl halides is 6. The summed E-state index contributed by atoms with van der Waals surface area (Å²) in [5, 5.41) is 0.